The minimum absolute atomic E-state index is 0.185. The summed E-state index contributed by atoms with van der Waals surface area (Å²) in [7, 11) is 0. The smallest absolute Gasteiger partial charge is 0.216 e. The van der Waals surface area contributed by atoms with Gasteiger partial charge in [-0.25, -0.2) is 0 Å². The van der Waals surface area contributed by atoms with Crippen LogP contribution in [0.2, 0.25) is 10.0 Å². The van der Waals surface area contributed by atoms with Crippen LogP contribution in [-0.4, -0.2) is 21.1 Å². The standard InChI is InChI=1S/C13H14Cl2N4S/c1-13(2,3)11-17-18-12(20)19(11)16-7-8-9(14)5-4-6-10(8)15/h4-7H,1-3H3,(H,18,20). The Hall–Kier alpha value is -1.17. The van der Waals surface area contributed by atoms with Crippen molar-refractivity contribution in [1.82, 2.24) is 14.9 Å². The van der Waals surface area contributed by atoms with Gasteiger partial charge in [-0.3, -0.25) is 5.10 Å². The lowest BCUT2D eigenvalue weighted by atomic mass is 9.96. The topological polar surface area (TPSA) is 46.0 Å². The van der Waals surface area contributed by atoms with Crippen molar-refractivity contribution in [2.75, 3.05) is 0 Å². The van der Waals surface area contributed by atoms with E-state index in [1.165, 1.54) is 0 Å². The molecule has 0 aliphatic carbocycles. The monoisotopic (exact) mass is 328 g/mol. The quantitative estimate of drug-likeness (QED) is 0.654. The average molecular weight is 329 g/mol. The molecule has 0 fully saturated rings. The van der Waals surface area contributed by atoms with E-state index in [-0.39, 0.29) is 5.41 Å². The fraction of sp³-hybridized carbons (Fsp3) is 0.308. The van der Waals surface area contributed by atoms with Gasteiger partial charge in [0.2, 0.25) is 4.77 Å². The van der Waals surface area contributed by atoms with Gasteiger partial charge >= 0.3 is 0 Å². The van der Waals surface area contributed by atoms with Gasteiger partial charge in [0.05, 0.1) is 16.3 Å². The maximum Gasteiger partial charge on any atom is 0.216 e. The summed E-state index contributed by atoms with van der Waals surface area (Å²) in [5.41, 5.74) is 0.466. The number of hydrogen-bond acceptors (Lipinski definition) is 3. The molecule has 0 atom stereocenters. The molecule has 1 aromatic carbocycles. The van der Waals surface area contributed by atoms with Crippen LogP contribution in [0.25, 0.3) is 0 Å². The van der Waals surface area contributed by atoms with Gasteiger partial charge in [-0.15, -0.1) is 0 Å². The molecule has 0 saturated heterocycles. The molecule has 0 radical (unpaired) electrons. The summed E-state index contributed by atoms with van der Waals surface area (Å²) in [6.45, 7) is 6.10. The van der Waals surface area contributed by atoms with Gasteiger partial charge in [-0.1, -0.05) is 50.0 Å². The Bertz CT molecular complexity index is 690. The van der Waals surface area contributed by atoms with E-state index in [9.17, 15) is 0 Å². The van der Waals surface area contributed by atoms with Gasteiger partial charge < -0.3 is 0 Å². The predicted octanol–water partition coefficient (Wildman–Crippen LogP) is 4.43. The zero-order valence-electron chi connectivity index (χ0n) is 11.3. The molecule has 0 bridgehead atoms. The number of nitrogens with one attached hydrogen (secondary N) is 1. The molecule has 0 aliphatic heterocycles. The molecule has 20 heavy (non-hydrogen) atoms. The number of hydrogen-bond donors (Lipinski definition) is 1. The van der Waals surface area contributed by atoms with E-state index in [2.05, 4.69) is 15.3 Å². The highest BCUT2D eigenvalue weighted by Gasteiger charge is 2.21. The molecule has 0 saturated carbocycles. The van der Waals surface area contributed by atoms with Gasteiger partial charge in [-0.2, -0.15) is 14.9 Å². The molecule has 2 rings (SSSR count). The minimum atomic E-state index is -0.185. The van der Waals surface area contributed by atoms with Crippen molar-refractivity contribution < 1.29 is 0 Å². The van der Waals surface area contributed by atoms with Crippen LogP contribution in [0.15, 0.2) is 23.3 Å². The molecule has 0 unspecified atom stereocenters. The largest absolute Gasteiger partial charge is 0.250 e. The second kappa shape index (κ2) is 5.68. The molecule has 0 amide bonds. The molecule has 106 valence electrons. The van der Waals surface area contributed by atoms with Crippen LogP contribution in [0.5, 0.6) is 0 Å². The third kappa shape index (κ3) is 3.11. The fourth-order valence-electron chi connectivity index (χ4n) is 1.63. The third-order valence-corrected chi connectivity index (χ3v) is 3.55. The molecule has 1 heterocycles. The van der Waals surface area contributed by atoms with Crippen LogP contribution in [0.3, 0.4) is 0 Å². The van der Waals surface area contributed by atoms with Crippen LogP contribution in [0.4, 0.5) is 0 Å². The number of halogens is 2. The Balaban J connectivity index is 2.48. The zero-order valence-corrected chi connectivity index (χ0v) is 13.6. The first-order valence-electron chi connectivity index (χ1n) is 5.97. The van der Waals surface area contributed by atoms with E-state index < -0.39 is 0 Å². The van der Waals surface area contributed by atoms with Gasteiger partial charge in [-0.05, 0) is 24.4 Å². The summed E-state index contributed by atoms with van der Waals surface area (Å²) < 4.78 is 2.00. The summed E-state index contributed by atoms with van der Waals surface area (Å²) in [6, 6.07) is 5.30. The number of aromatic nitrogens is 3. The van der Waals surface area contributed by atoms with Crippen LogP contribution >= 0.6 is 35.4 Å². The molecule has 2 aromatic rings. The Labute approximate surface area is 132 Å². The van der Waals surface area contributed by atoms with Gasteiger partial charge in [0.1, 0.15) is 0 Å². The molecular formula is C13H14Cl2N4S. The third-order valence-electron chi connectivity index (χ3n) is 2.62. The lowest BCUT2D eigenvalue weighted by molar-refractivity contribution is 0.516. The van der Waals surface area contributed by atoms with Crippen molar-refractivity contribution in [1.29, 1.82) is 0 Å². The highest BCUT2D eigenvalue weighted by molar-refractivity contribution is 7.71. The van der Waals surface area contributed by atoms with Crippen LogP contribution in [0, 0.1) is 4.77 Å². The van der Waals surface area contributed by atoms with E-state index in [4.69, 9.17) is 35.4 Å². The maximum absolute atomic E-state index is 6.10. The lowest BCUT2D eigenvalue weighted by Gasteiger charge is -2.15. The van der Waals surface area contributed by atoms with Crippen molar-refractivity contribution in [3.8, 4) is 0 Å². The molecule has 0 aliphatic rings. The molecule has 4 nitrogen and oxygen atoms in total. The maximum atomic E-state index is 6.10. The average Bonchev–Trinajstić information content (AvgIpc) is 2.70. The lowest BCUT2D eigenvalue weighted by Crippen LogP contribution is -2.17. The van der Waals surface area contributed by atoms with Crippen LogP contribution in [0.1, 0.15) is 32.2 Å². The summed E-state index contributed by atoms with van der Waals surface area (Å²) in [5, 5.41) is 12.4. The Morgan fingerprint density at radius 1 is 1.30 bits per heavy atom. The predicted molar refractivity (Wildman–Crippen MR) is 85.6 cm³/mol. The zero-order chi connectivity index (χ0) is 14.9. The van der Waals surface area contributed by atoms with Crippen LogP contribution < -0.4 is 0 Å². The first-order valence-corrected chi connectivity index (χ1v) is 7.13. The second-order valence-electron chi connectivity index (χ2n) is 5.29. The number of aromatic amines is 1. The summed E-state index contributed by atoms with van der Waals surface area (Å²) >= 11 is 17.4. The Kier molecular flexibility index (Phi) is 4.32. The van der Waals surface area contributed by atoms with E-state index in [0.29, 0.717) is 20.4 Å². The fourth-order valence-corrected chi connectivity index (χ4v) is 2.31. The molecule has 1 aromatic heterocycles. The Morgan fingerprint density at radius 2 is 1.90 bits per heavy atom. The first kappa shape index (κ1) is 15.2. The van der Waals surface area contributed by atoms with Gasteiger partial charge in [0.15, 0.2) is 5.82 Å². The minimum Gasteiger partial charge on any atom is -0.250 e. The number of H-pyrrole nitrogens is 1. The number of benzene rings is 1. The molecule has 7 heteroatoms. The van der Waals surface area contributed by atoms with E-state index in [0.717, 1.165) is 5.82 Å². The Morgan fingerprint density at radius 3 is 2.45 bits per heavy atom. The summed E-state index contributed by atoms with van der Waals surface area (Å²) in [6.07, 6.45) is 1.59. The number of nitrogens with zero attached hydrogens (tertiary/aromatic N) is 3. The first-order chi connectivity index (χ1) is 9.30. The number of rotatable bonds is 2. The van der Waals surface area contributed by atoms with Crippen molar-refractivity contribution >= 4 is 41.6 Å². The van der Waals surface area contributed by atoms with E-state index in [1.807, 2.05) is 20.8 Å². The highest BCUT2D eigenvalue weighted by Crippen LogP contribution is 2.23. The van der Waals surface area contributed by atoms with E-state index in [1.54, 1.807) is 29.1 Å². The van der Waals surface area contributed by atoms with Crippen molar-refractivity contribution in [3.05, 3.63) is 44.4 Å². The van der Waals surface area contributed by atoms with Crippen LogP contribution in [-0.2, 0) is 5.41 Å². The van der Waals surface area contributed by atoms with E-state index >= 15 is 0 Å². The summed E-state index contributed by atoms with van der Waals surface area (Å²) in [4.78, 5) is 0. The van der Waals surface area contributed by atoms with Gasteiger partial charge in [0.25, 0.3) is 0 Å². The van der Waals surface area contributed by atoms with Crippen molar-refractivity contribution in [3.63, 3.8) is 0 Å². The van der Waals surface area contributed by atoms with Crippen molar-refractivity contribution in [2.24, 2.45) is 5.10 Å². The summed E-state index contributed by atoms with van der Waals surface area (Å²) in [5.74, 6) is 0.738. The molecule has 0 spiro atoms. The van der Waals surface area contributed by atoms with Gasteiger partial charge in [0, 0.05) is 11.0 Å². The highest BCUT2D eigenvalue weighted by atomic mass is 35.5. The molecular weight excluding hydrogens is 315 g/mol. The molecule has 1 N–H and O–H groups in total. The normalized spacial score (nSPS) is 12.2. The van der Waals surface area contributed by atoms with Crippen molar-refractivity contribution in [2.45, 2.75) is 26.2 Å². The second-order valence-corrected chi connectivity index (χ2v) is 6.50. The SMILES string of the molecule is CC(C)(C)c1n[nH]c(=S)n1N=Cc1c(Cl)cccc1Cl.